The molecule has 1 saturated carbocycles. The maximum Gasteiger partial charge on any atom is 0.341 e. The maximum atomic E-state index is 14.9. The largest absolute Gasteiger partial charge is 0.477 e. The van der Waals surface area contributed by atoms with Crippen LogP contribution < -0.4 is 10.3 Å². The molecule has 0 bridgehead atoms. The van der Waals surface area contributed by atoms with Crippen molar-refractivity contribution in [2.45, 2.75) is 25.3 Å². The molecule has 1 saturated heterocycles. The number of aromatic carboxylic acids is 1. The van der Waals surface area contributed by atoms with Gasteiger partial charge in [0, 0.05) is 50.3 Å². The third-order valence-electron chi connectivity index (χ3n) is 5.59. The molecule has 8 heteroatoms. The van der Waals surface area contributed by atoms with E-state index in [2.05, 4.69) is 4.90 Å². The molecule has 1 aromatic carbocycles. The zero-order chi connectivity index (χ0) is 19.8. The lowest BCUT2D eigenvalue weighted by Crippen LogP contribution is -2.47. The molecule has 0 radical (unpaired) electrons. The van der Waals surface area contributed by atoms with Crippen LogP contribution in [-0.4, -0.2) is 59.9 Å². The summed E-state index contributed by atoms with van der Waals surface area (Å²) in [5, 5.41) is 9.43. The van der Waals surface area contributed by atoms with Gasteiger partial charge < -0.3 is 14.6 Å². The van der Waals surface area contributed by atoms with Gasteiger partial charge in [0.15, 0.2) is 0 Å². The van der Waals surface area contributed by atoms with Gasteiger partial charge in [-0.3, -0.25) is 14.1 Å². The van der Waals surface area contributed by atoms with E-state index in [-0.39, 0.29) is 23.7 Å². The van der Waals surface area contributed by atoms with E-state index in [1.165, 1.54) is 12.3 Å². The number of pyridine rings is 1. The highest BCUT2D eigenvalue weighted by Crippen LogP contribution is 2.38. The fraction of sp³-hybridized carbons (Fsp3) is 0.500. The van der Waals surface area contributed by atoms with E-state index in [1.54, 1.807) is 10.6 Å². The van der Waals surface area contributed by atoms with Crippen molar-refractivity contribution in [3.8, 4) is 0 Å². The SMILES string of the molecule is O=C(O)c1cn(C2CC2)c2cc(N3CCN(CCC[18F])CC3)c(F)cc2c1=O. The number of anilines is 1. The average Bonchev–Trinajstić information content (AvgIpc) is 3.52. The number of benzene rings is 1. The molecule has 0 atom stereocenters. The molecular weight excluding hydrogens is 367 g/mol. The summed E-state index contributed by atoms with van der Waals surface area (Å²) < 4.78 is 29.0. The highest BCUT2D eigenvalue weighted by atomic mass is 19.1. The molecule has 6 nitrogen and oxygen atoms in total. The van der Waals surface area contributed by atoms with Gasteiger partial charge in [-0.05, 0) is 31.4 Å². The number of alkyl halides is 1. The number of piperazine rings is 1. The average molecular weight is 390 g/mol. The standard InChI is InChI=1S/C20H23F2N3O3/c21-4-1-5-23-6-8-24(9-7-23)18-11-17-14(10-16(18)22)19(26)15(20(27)28)12-25(17)13-2-3-13/h10-13H,1-9H2,(H,27,28)/i21-1. The molecule has 2 fully saturated rings. The highest BCUT2D eigenvalue weighted by molar-refractivity contribution is 5.93. The molecule has 2 heterocycles. The van der Waals surface area contributed by atoms with Crippen LogP contribution in [0.2, 0.25) is 0 Å². The minimum absolute atomic E-state index is 0.106. The first-order valence-electron chi connectivity index (χ1n) is 9.64. The third kappa shape index (κ3) is 3.48. The van der Waals surface area contributed by atoms with E-state index >= 15 is 0 Å². The minimum atomic E-state index is -1.30. The van der Waals surface area contributed by atoms with Crippen molar-refractivity contribution in [3.63, 3.8) is 0 Å². The lowest BCUT2D eigenvalue weighted by Gasteiger charge is -2.36. The molecule has 1 N–H and O–H groups in total. The number of carbonyl (C=O) groups is 1. The van der Waals surface area contributed by atoms with Gasteiger partial charge in [0.25, 0.3) is 0 Å². The zero-order valence-corrected chi connectivity index (χ0v) is 15.5. The Labute approximate surface area is 161 Å². The summed E-state index contributed by atoms with van der Waals surface area (Å²) in [5.74, 6) is -1.82. The smallest absolute Gasteiger partial charge is 0.341 e. The Morgan fingerprint density at radius 2 is 1.89 bits per heavy atom. The molecular formula is C20H23F2N3O3. The van der Waals surface area contributed by atoms with Crippen LogP contribution in [0.5, 0.6) is 0 Å². The second-order valence-corrected chi connectivity index (χ2v) is 7.51. The van der Waals surface area contributed by atoms with Crippen LogP contribution in [0.25, 0.3) is 10.9 Å². The lowest BCUT2D eigenvalue weighted by molar-refractivity contribution is 0.0695. The predicted molar refractivity (Wildman–Crippen MR) is 103 cm³/mol. The number of fused-ring (bicyclic) bond motifs is 1. The zero-order valence-electron chi connectivity index (χ0n) is 15.5. The summed E-state index contributed by atoms with van der Waals surface area (Å²) in [6.07, 6.45) is 3.72. The molecule has 150 valence electrons. The summed E-state index contributed by atoms with van der Waals surface area (Å²) >= 11 is 0. The fourth-order valence-corrected chi connectivity index (χ4v) is 3.90. The lowest BCUT2D eigenvalue weighted by atomic mass is 10.1. The Morgan fingerprint density at radius 1 is 1.18 bits per heavy atom. The minimum Gasteiger partial charge on any atom is -0.477 e. The van der Waals surface area contributed by atoms with E-state index < -0.39 is 17.2 Å². The molecule has 28 heavy (non-hydrogen) atoms. The predicted octanol–water partition coefficient (Wildman–Crippen LogP) is 2.66. The number of halogens is 2. The van der Waals surface area contributed by atoms with Gasteiger partial charge in [0.05, 0.1) is 17.9 Å². The second-order valence-electron chi connectivity index (χ2n) is 7.51. The number of carboxylic acid groups (broad SMARTS) is 1. The number of nitrogens with zero attached hydrogens (tertiary/aromatic N) is 3. The number of hydrogen-bond donors (Lipinski definition) is 1. The van der Waals surface area contributed by atoms with Crippen LogP contribution in [0.3, 0.4) is 0 Å². The summed E-state index contributed by atoms with van der Waals surface area (Å²) in [7, 11) is 0. The Kier molecular flexibility index (Phi) is 5.05. The summed E-state index contributed by atoms with van der Waals surface area (Å²) in [6.45, 7) is 3.06. The monoisotopic (exact) mass is 390 g/mol. The van der Waals surface area contributed by atoms with Crippen molar-refractivity contribution in [3.05, 3.63) is 39.9 Å². The van der Waals surface area contributed by atoms with E-state index in [0.717, 1.165) is 25.9 Å². The molecule has 1 aliphatic carbocycles. The van der Waals surface area contributed by atoms with E-state index in [0.29, 0.717) is 37.3 Å². The molecule has 1 aliphatic heterocycles. The Morgan fingerprint density at radius 3 is 2.50 bits per heavy atom. The second kappa shape index (κ2) is 7.50. The Hall–Kier alpha value is -2.48. The van der Waals surface area contributed by atoms with Gasteiger partial charge in [0.2, 0.25) is 5.43 Å². The number of hydrogen-bond acceptors (Lipinski definition) is 4. The normalized spacial score (nSPS) is 18.0. The van der Waals surface area contributed by atoms with Gasteiger partial charge >= 0.3 is 5.97 Å². The van der Waals surface area contributed by atoms with Crippen LogP contribution in [-0.2, 0) is 0 Å². The van der Waals surface area contributed by atoms with E-state index in [1.807, 2.05) is 4.90 Å². The van der Waals surface area contributed by atoms with Crippen molar-refractivity contribution < 1.29 is 18.7 Å². The van der Waals surface area contributed by atoms with Gasteiger partial charge in [-0.2, -0.15) is 0 Å². The maximum absolute atomic E-state index is 14.9. The quantitative estimate of drug-likeness (QED) is 0.822. The van der Waals surface area contributed by atoms with Gasteiger partial charge in [-0.25, -0.2) is 9.18 Å². The first-order valence-corrected chi connectivity index (χ1v) is 9.64. The molecule has 1 aromatic heterocycles. The van der Waals surface area contributed by atoms with Crippen LogP contribution in [0.1, 0.15) is 35.7 Å². The number of carboxylic acids is 1. The first kappa shape index (κ1) is 18.9. The number of aromatic nitrogens is 1. The number of rotatable bonds is 6. The summed E-state index contributed by atoms with van der Waals surface area (Å²) in [5.41, 5.74) is 0.0252. The molecule has 0 amide bonds. The Bertz CT molecular complexity index is 963. The van der Waals surface area contributed by atoms with Crippen LogP contribution in [0, 0.1) is 5.82 Å². The molecule has 4 rings (SSSR count). The van der Waals surface area contributed by atoms with Crippen LogP contribution in [0.4, 0.5) is 14.5 Å². The first-order chi connectivity index (χ1) is 13.5. The van der Waals surface area contributed by atoms with Crippen molar-refractivity contribution in [2.24, 2.45) is 0 Å². The van der Waals surface area contributed by atoms with Crippen molar-refractivity contribution in [1.82, 2.24) is 9.47 Å². The van der Waals surface area contributed by atoms with Gasteiger partial charge in [-0.15, -0.1) is 0 Å². The molecule has 2 aliphatic rings. The van der Waals surface area contributed by atoms with Gasteiger partial charge in [0.1, 0.15) is 11.4 Å². The van der Waals surface area contributed by atoms with Crippen LogP contribution in [0.15, 0.2) is 23.1 Å². The van der Waals surface area contributed by atoms with Crippen molar-refractivity contribution >= 4 is 22.6 Å². The Balaban J connectivity index is 1.70. The molecule has 2 aromatic rings. The molecule has 0 unspecified atom stereocenters. The van der Waals surface area contributed by atoms with Crippen molar-refractivity contribution in [2.75, 3.05) is 44.3 Å². The molecule has 0 spiro atoms. The van der Waals surface area contributed by atoms with Crippen LogP contribution >= 0.6 is 0 Å². The summed E-state index contributed by atoms with van der Waals surface area (Å²) in [6, 6.07) is 3.00. The van der Waals surface area contributed by atoms with E-state index in [4.69, 9.17) is 0 Å². The third-order valence-corrected chi connectivity index (χ3v) is 5.59. The van der Waals surface area contributed by atoms with Crippen molar-refractivity contribution in [1.29, 1.82) is 0 Å². The highest BCUT2D eigenvalue weighted by Gasteiger charge is 2.28. The fourth-order valence-electron chi connectivity index (χ4n) is 3.90. The topological polar surface area (TPSA) is 65.8 Å². The summed E-state index contributed by atoms with van der Waals surface area (Å²) in [4.78, 5) is 28.1. The van der Waals surface area contributed by atoms with Gasteiger partial charge in [-0.1, -0.05) is 0 Å². The van der Waals surface area contributed by atoms with E-state index in [9.17, 15) is 23.5 Å².